The van der Waals surface area contributed by atoms with Crippen molar-refractivity contribution < 1.29 is 4.39 Å². The van der Waals surface area contributed by atoms with Gasteiger partial charge < -0.3 is 0 Å². The van der Waals surface area contributed by atoms with Crippen LogP contribution < -0.4 is 11.3 Å². The zero-order valence-corrected chi connectivity index (χ0v) is 11.6. The first kappa shape index (κ1) is 15.4. The summed E-state index contributed by atoms with van der Waals surface area (Å²) in [5.41, 5.74) is 3.73. The van der Waals surface area contributed by atoms with E-state index in [1.165, 1.54) is 25.3 Å². The summed E-state index contributed by atoms with van der Waals surface area (Å²) in [6.07, 6.45) is 6.61. The van der Waals surface area contributed by atoms with E-state index in [2.05, 4.69) is 12.3 Å². The molecule has 0 bridgehead atoms. The van der Waals surface area contributed by atoms with Crippen molar-refractivity contribution in [2.24, 2.45) is 5.84 Å². The second kappa shape index (κ2) is 8.46. The molecular formula is C14H22ClFN2. The third-order valence-electron chi connectivity index (χ3n) is 3.11. The van der Waals surface area contributed by atoms with Crippen molar-refractivity contribution in [2.75, 3.05) is 0 Å². The summed E-state index contributed by atoms with van der Waals surface area (Å²) in [6, 6.07) is 5.12. The number of hydrogen-bond donors (Lipinski definition) is 2. The summed E-state index contributed by atoms with van der Waals surface area (Å²) in [5.74, 6) is 5.17. The van der Waals surface area contributed by atoms with Crippen molar-refractivity contribution in [3.8, 4) is 0 Å². The van der Waals surface area contributed by atoms with Crippen molar-refractivity contribution >= 4 is 11.6 Å². The first-order chi connectivity index (χ1) is 8.67. The van der Waals surface area contributed by atoms with Gasteiger partial charge in [0.05, 0.1) is 5.02 Å². The van der Waals surface area contributed by atoms with Crippen LogP contribution in [0, 0.1) is 5.82 Å². The predicted octanol–water partition coefficient (Wildman–Crippen LogP) is 3.82. The molecule has 0 fully saturated rings. The van der Waals surface area contributed by atoms with E-state index in [9.17, 15) is 4.39 Å². The second-order valence-electron chi connectivity index (χ2n) is 4.67. The van der Waals surface area contributed by atoms with E-state index in [0.717, 1.165) is 24.8 Å². The molecule has 4 heteroatoms. The standard InChI is InChI=1S/C14H22ClFN2/c1-2-3-4-5-6-12(18-17)9-11-7-8-13(15)14(16)10-11/h7-8,10,12,18H,2-6,9,17H2,1H3. The van der Waals surface area contributed by atoms with Gasteiger partial charge in [0.25, 0.3) is 0 Å². The Morgan fingerprint density at radius 1 is 1.33 bits per heavy atom. The molecule has 1 unspecified atom stereocenters. The first-order valence-electron chi connectivity index (χ1n) is 6.57. The molecule has 1 aromatic carbocycles. The van der Waals surface area contributed by atoms with Gasteiger partial charge in [0, 0.05) is 6.04 Å². The molecule has 0 aliphatic carbocycles. The summed E-state index contributed by atoms with van der Waals surface area (Å²) < 4.78 is 13.3. The molecule has 0 radical (unpaired) electrons. The van der Waals surface area contributed by atoms with Crippen LogP contribution in [0.3, 0.4) is 0 Å². The minimum atomic E-state index is -0.365. The van der Waals surface area contributed by atoms with Crippen molar-refractivity contribution in [1.29, 1.82) is 0 Å². The second-order valence-corrected chi connectivity index (χ2v) is 5.07. The van der Waals surface area contributed by atoms with Crippen molar-refractivity contribution in [3.63, 3.8) is 0 Å². The lowest BCUT2D eigenvalue weighted by atomic mass is 10.0. The number of nitrogens with one attached hydrogen (secondary N) is 1. The molecule has 0 spiro atoms. The molecule has 0 aliphatic rings. The van der Waals surface area contributed by atoms with Crippen LogP contribution in [-0.4, -0.2) is 6.04 Å². The summed E-state index contributed by atoms with van der Waals surface area (Å²) in [4.78, 5) is 0. The molecule has 18 heavy (non-hydrogen) atoms. The Labute approximate surface area is 114 Å². The number of benzene rings is 1. The van der Waals surface area contributed by atoms with Crippen LogP contribution >= 0.6 is 11.6 Å². The highest BCUT2D eigenvalue weighted by atomic mass is 35.5. The summed E-state index contributed by atoms with van der Waals surface area (Å²) in [6.45, 7) is 2.19. The fourth-order valence-electron chi connectivity index (χ4n) is 2.01. The van der Waals surface area contributed by atoms with Crippen LogP contribution in [0.4, 0.5) is 4.39 Å². The van der Waals surface area contributed by atoms with Gasteiger partial charge in [-0.05, 0) is 30.5 Å². The molecule has 1 rings (SSSR count). The highest BCUT2D eigenvalue weighted by Gasteiger charge is 2.09. The lowest BCUT2D eigenvalue weighted by molar-refractivity contribution is 0.462. The van der Waals surface area contributed by atoms with Crippen molar-refractivity contribution in [3.05, 3.63) is 34.6 Å². The van der Waals surface area contributed by atoms with E-state index in [1.807, 2.05) is 6.07 Å². The smallest absolute Gasteiger partial charge is 0.142 e. The number of hydrogen-bond acceptors (Lipinski definition) is 2. The van der Waals surface area contributed by atoms with Crippen molar-refractivity contribution in [1.82, 2.24) is 5.43 Å². The van der Waals surface area contributed by atoms with Crippen molar-refractivity contribution in [2.45, 2.75) is 51.5 Å². The lowest BCUT2D eigenvalue weighted by Gasteiger charge is -2.16. The van der Waals surface area contributed by atoms with Crippen LogP contribution in [0.15, 0.2) is 18.2 Å². The number of unbranched alkanes of at least 4 members (excludes halogenated alkanes) is 3. The summed E-state index contributed by atoms with van der Waals surface area (Å²) >= 11 is 5.65. The predicted molar refractivity (Wildman–Crippen MR) is 75.0 cm³/mol. The van der Waals surface area contributed by atoms with Gasteiger partial charge in [-0.2, -0.15) is 0 Å². The van der Waals surface area contributed by atoms with Gasteiger partial charge in [0.15, 0.2) is 0 Å². The Morgan fingerprint density at radius 2 is 2.11 bits per heavy atom. The lowest BCUT2D eigenvalue weighted by Crippen LogP contribution is -2.36. The van der Waals surface area contributed by atoms with Gasteiger partial charge in [-0.25, -0.2) is 4.39 Å². The van der Waals surface area contributed by atoms with Gasteiger partial charge in [0.2, 0.25) is 0 Å². The van der Waals surface area contributed by atoms with Gasteiger partial charge in [0.1, 0.15) is 5.82 Å². The molecule has 1 aromatic rings. The first-order valence-corrected chi connectivity index (χ1v) is 6.95. The highest BCUT2D eigenvalue weighted by molar-refractivity contribution is 6.30. The quantitative estimate of drug-likeness (QED) is 0.429. The highest BCUT2D eigenvalue weighted by Crippen LogP contribution is 2.17. The van der Waals surface area contributed by atoms with Gasteiger partial charge in [-0.3, -0.25) is 11.3 Å². The number of nitrogens with two attached hydrogens (primary N) is 1. The molecule has 0 saturated heterocycles. The van der Waals surface area contributed by atoms with E-state index in [0.29, 0.717) is 0 Å². The fraction of sp³-hybridized carbons (Fsp3) is 0.571. The molecule has 0 aliphatic heterocycles. The van der Waals surface area contributed by atoms with E-state index >= 15 is 0 Å². The Kier molecular flexibility index (Phi) is 7.25. The molecular weight excluding hydrogens is 251 g/mol. The molecule has 0 aromatic heterocycles. The molecule has 1 atom stereocenters. The van der Waals surface area contributed by atoms with Gasteiger partial charge >= 0.3 is 0 Å². The average Bonchev–Trinajstić information content (AvgIpc) is 2.37. The maximum atomic E-state index is 13.3. The third-order valence-corrected chi connectivity index (χ3v) is 3.41. The normalized spacial score (nSPS) is 12.7. The maximum Gasteiger partial charge on any atom is 0.142 e. The van der Waals surface area contributed by atoms with Crippen LogP contribution in [0.1, 0.15) is 44.6 Å². The van der Waals surface area contributed by atoms with Crippen LogP contribution in [0.2, 0.25) is 5.02 Å². The Bertz CT molecular complexity index is 358. The number of hydrazine groups is 1. The molecule has 2 nitrogen and oxygen atoms in total. The van der Waals surface area contributed by atoms with Crippen LogP contribution in [-0.2, 0) is 6.42 Å². The average molecular weight is 273 g/mol. The Hall–Kier alpha value is -0.640. The fourth-order valence-corrected chi connectivity index (χ4v) is 2.13. The van der Waals surface area contributed by atoms with Crippen LogP contribution in [0.5, 0.6) is 0 Å². The van der Waals surface area contributed by atoms with E-state index in [-0.39, 0.29) is 16.9 Å². The number of rotatable bonds is 8. The van der Waals surface area contributed by atoms with Gasteiger partial charge in [-0.1, -0.05) is 50.3 Å². The van der Waals surface area contributed by atoms with Gasteiger partial charge in [-0.15, -0.1) is 0 Å². The molecule has 0 amide bonds. The maximum absolute atomic E-state index is 13.3. The zero-order valence-electron chi connectivity index (χ0n) is 10.9. The SMILES string of the molecule is CCCCCCC(Cc1ccc(Cl)c(F)c1)NN. The zero-order chi connectivity index (χ0) is 13.4. The Morgan fingerprint density at radius 3 is 2.72 bits per heavy atom. The molecule has 0 heterocycles. The van der Waals surface area contributed by atoms with E-state index in [1.54, 1.807) is 6.07 Å². The molecule has 102 valence electrons. The number of halogens is 2. The topological polar surface area (TPSA) is 38.0 Å². The van der Waals surface area contributed by atoms with E-state index < -0.39 is 0 Å². The minimum absolute atomic E-state index is 0.166. The largest absolute Gasteiger partial charge is 0.271 e. The summed E-state index contributed by atoms with van der Waals surface area (Å²) in [7, 11) is 0. The van der Waals surface area contributed by atoms with Crippen LogP contribution in [0.25, 0.3) is 0 Å². The minimum Gasteiger partial charge on any atom is -0.271 e. The Balaban J connectivity index is 2.44. The van der Waals surface area contributed by atoms with E-state index in [4.69, 9.17) is 17.4 Å². The summed E-state index contributed by atoms with van der Waals surface area (Å²) in [5, 5.41) is 0.166. The molecule has 0 saturated carbocycles. The third kappa shape index (κ3) is 5.34. The molecule has 3 N–H and O–H groups in total. The monoisotopic (exact) mass is 272 g/mol.